The van der Waals surface area contributed by atoms with Gasteiger partial charge in [-0.1, -0.05) is 97.1 Å². The highest BCUT2D eigenvalue weighted by Gasteiger charge is 2.25. The number of aromatic nitrogens is 4. The zero-order chi connectivity index (χ0) is 35.6. The highest BCUT2D eigenvalue weighted by Crippen LogP contribution is 2.39. The molecular formula is C46H31N7. The number of hydrogen-bond donors (Lipinski definition) is 2. The van der Waals surface area contributed by atoms with Crippen molar-refractivity contribution in [3.8, 4) is 56.3 Å². The molecule has 53 heavy (non-hydrogen) atoms. The highest BCUT2D eigenvalue weighted by atomic mass is 15.3. The van der Waals surface area contributed by atoms with Gasteiger partial charge in [0.1, 0.15) is 5.71 Å². The number of nitrogens with zero attached hydrogens (tertiary/aromatic N) is 5. The average Bonchev–Trinajstić information content (AvgIpc) is 3.24. The number of para-hydroxylation sites is 1. The van der Waals surface area contributed by atoms with Gasteiger partial charge in [-0.05, 0) is 89.0 Å². The minimum atomic E-state index is 0.334. The summed E-state index contributed by atoms with van der Waals surface area (Å²) in [6.45, 7) is 0. The lowest BCUT2D eigenvalue weighted by atomic mass is 9.85. The van der Waals surface area contributed by atoms with Crippen molar-refractivity contribution in [2.75, 3.05) is 5.43 Å². The molecule has 250 valence electrons. The Morgan fingerprint density at radius 1 is 0.509 bits per heavy atom. The van der Waals surface area contributed by atoms with Gasteiger partial charge in [-0.25, -0.2) is 9.97 Å². The van der Waals surface area contributed by atoms with Crippen LogP contribution in [0.2, 0.25) is 0 Å². The molecule has 0 amide bonds. The molecule has 4 heterocycles. The van der Waals surface area contributed by atoms with E-state index in [-0.39, 0.29) is 0 Å². The number of anilines is 1. The van der Waals surface area contributed by atoms with E-state index in [0.717, 1.165) is 84.0 Å². The smallest absolute Gasteiger partial charge is 0.109 e. The fourth-order valence-corrected chi connectivity index (χ4v) is 6.74. The van der Waals surface area contributed by atoms with Crippen LogP contribution in [0.25, 0.3) is 73.3 Å². The van der Waals surface area contributed by atoms with E-state index in [4.69, 9.17) is 9.97 Å². The van der Waals surface area contributed by atoms with Gasteiger partial charge in [-0.3, -0.25) is 20.8 Å². The number of rotatable bonds is 7. The fraction of sp³-hybridized carbons (Fsp3) is 0. The van der Waals surface area contributed by atoms with Gasteiger partial charge in [0.2, 0.25) is 0 Å². The van der Waals surface area contributed by atoms with Gasteiger partial charge >= 0.3 is 0 Å². The molecule has 4 aromatic heterocycles. The maximum absolute atomic E-state index is 9.56. The Bertz CT molecular complexity index is 2620. The van der Waals surface area contributed by atoms with Crippen molar-refractivity contribution in [1.29, 1.82) is 5.41 Å². The molecule has 0 fully saturated rings. The molecule has 9 rings (SSSR count). The van der Waals surface area contributed by atoms with Crippen LogP contribution in [0.1, 0.15) is 11.1 Å². The quantitative estimate of drug-likeness (QED) is 0.163. The first-order chi connectivity index (χ1) is 26.2. The molecule has 7 nitrogen and oxygen atoms in total. The van der Waals surface area contributed by atoms with Crippen LogP contribution in [-0.2, 0) is 0 Å². The predicted octanol–water partition coefficient (Wildman–Crippen LogP) is 10.6. The summed E-state index contributed by atoms with van der Waals surface area (Å²) in [5.74, 6) is 0. The zero-order valence-corrected chi connectivity index (χ0v) is 28.5. The topological polar surface area (TPSA) is 99.8 Å². The Balaban J connectivity index is 1.17. The van der Waals surface area contributed by atoms with Crippen molar-refractivity contribution in [2.24, 2.45) is 5.10 Å². The molecular weight excluding hydrogens is 651 g/mol. The molecule has 0 bridgehead atoms. The van der Waals surface area contributed by atoms with Gasteiger partial charge in [0.05, 0.1) is 45.4 Å². The Hall–Kier alpha value is -7.38. The van der Waals surface area contributed by atoms with Gasteiger partial charge in [0.15, 0.2) is 0 Å². The number of allylic oxidation sites excluding steroid dienone is 1. The third-order valence-electron chi connectivity index (χ3n) is 9.30. The van der Waals surface area contributed by atoms with Crippen LogP contribution in [0.15, 0.2) is 175 Å². The Kier molecular flexibility index (Phi) is 8.19. The lowest BCUT2D eigenvalue weighted by Gasteiger charge is -2.21. The van der Waals surface area contributed by atoms with Crippen molar-refractivity contribution >= 4 is 34.1 Å². The molecule has 0 spiro atoms. The summed E-state index contributed by atoms with van der Waals surface area (Å²) in [4.78, 5) is 19.3. The fourth-order valence-electron chi connectivity index (χ4n) is 6.74. The van der Waals surface area contributed by atoms with Crippen molar-refractivity contribution in [3.63, 3.8) is 0 Å². The largest absolute Gasteiger partial charge is 0.298 e. The first-order valence-electron chi connectivity index (χ1n) is 17.3. The van der Waals surface area contributed by atoms with E-state index >= 15 is 0 Å². The summed E-state index contributed by atoms with van der Waals surface area (Å²) >= 11 is 0. The Morgan fingerprint density at radius 2 is 1.15 bits per heavy atom. The number of nitrogens with one attached hydrogen (secondary N) is 2. The molecule has 1 aliphatic carbocycles. The SMILES string of the molecule is N=C1/C(=N\Nc2ccccc2)C=Cc2c(-c3ccccc3)nc3cccc(-c4ccc(-c5cc(-c6ccccn6)nc(-c6ccccn6)c5)cc4)c3c21. The van der Waals surface area contributed by atoms with Gasteiger partial charge in [0, 0.05) is 34.5 Å². The highest BCUT2D eigenvalue weighted by molar-refractivity contribution is 6.55. The molecule has 1 aliphatic rings. The van der Waals surface area contributed by atoms with E-state index in [9.17, 15) is 5.41 Å². The molecule has 0 saturated carbocycles. The van der Waals surface area contributed by atoms with Crippen molar-refractivity contribution in [1.82, 2.24) is 19.9 Å². The molecule has 7 heteroatoms. The molecule has 4 aromatic carbocycles. The maximum Gasteiger partial charge on any atom is 0.109 e. The van der Waals surface area contributed by atoms with Crippen LogP contribution in [0.4, 0.5) is 5.69 Å². The van der Waals surface area contributed by atoms with Gasteiger partial charge in [0.25, 0.3) is 0 Å². The monoisotopic (exact) mass is 681 g/mol. The van der Waals surface area contributed by atoms with E-state index in [1.165, 1.54) is 0 Å². The van der Waals surface area contributed by atoms with Crippen molar-refractivity contribution in [2.45, 2.75) is 0 Å². The van der Waals surface area contributed by atoms with E-state index in [1.807, 2.05) is 109 Å². The van der Waals surface area contributed by atoms with Crippen LogP contribution in [-0.4, -0.2) is 31.4 Å². The van der Waals surface area contributed by atoms with E-state index in [2.05, 4.69) is 75.1 Å². The summed E-state index contributed by atoms with van der Waals surface area (Å²) in [7, 11) is 0. The first kappa shape index (κ1) is 31.6. The lowest BCUT2D eigenvalue weighted by Crippen LogP contribution is -2.20. The van der Waals surface area contributed by atoms with Crippen LogP contribution in [0.5, 0.6) is 0 Å². The van der Waals surface area contributed by atoms with Crippen LogP contribution in [0.3, 0.4) is 0 Å². The second kappa shape index (κ2) is 13.7. The predicted molar refractivity (Wildman–Crippen MR) is 216 cm³/mol. The van der Waals surface area contributed by atoms with Gasteiger partial charge in [-0.2, -0.15) is 5.10 Å². The average molecular weight is 682 g/mol. The third-order valence-corrected chi connectivity index (χ3v) is 9.30. The molecule has 0 radical (unpaired) electrons. The number of benzene rings is 4. The second-order valence-electron chi connectivity index (χ2n) is 12.6. The summed E-state index contributed by atoms with van der Waals surface area (Å²) in [6.07, 6.45) is 7.49. The normalized spacial score (nSPS) is 12.9. The summed E-state index contributed by atoms with van der Waals surface area (Å²) in [5, 5.41) is 15.1. The zero-order valence-electron chi connectivity index (χ0n) is 28.5. The summed E-state index contributed by atoms with van der Waals surface area (Å²) < 4.78 is 0. The number of hydrogen-bond acceptors (Lipinski definition) is 7. The number of hydrazone groups is 1. The van der Waals surface area contributed by atoms with Gasteiger partial charge in [-0.15, -0.1) is 0 Å². The minimum Gasteiger partial charge on any atom is -0.298 e. The Labute approximate surface area is 306 Å². The van der Waals surface area contributed by atoms with Gasteiger partial charge < -0.3 is 0 Å². The molecule has 8 aromatic rings. The number of fused-ring (bicyclic) bond motifs is 3. The molecule has 2 N–H and O–H groups in total. The summed E-state index contributed by atoms with van der Waals surface area (Å²) in [5.41, 5.74) is 16.4. The van der Waals surface area contributed by atoms with E-state index in [0.29, 0.717) is 11.4 Å². The first-order valence-corrected chi connectivity index (χ1v) is 17.3. The van der Waals surface area contributed by atoms with Crippen molar-refractivity contribution < 1.29 is 0 Å². The Morgan fingerprint density at radius 3 is 1.81 bits per heavy atom. The minimum absolute atomic E-state index is 0.334. The lowest BCUT2D eigenvalue weighted by molar-refractivity contribution is 1.22. The molecule has 0 aliphatic heterocycles. The number of pyridine rings is 4. The van der Waals surface area contributed by atoms with Crippen molar-refractivity contribution in [3.05, 3.63) is 181 Å². The maximum atomic E-state index is 9.56. The van der Waals surface area contributed by atoms with Crippen LogP contribution >= 0.6 is 0 Å². The van der Waals surface area contributed by atoms with E-state index < -0.39 is 0 Å². The molecule has 0 atom stereocenters. The standard InChI is InChI=1S/C46H31N7/c47-45-40(53-52-34-14-5-2-6-15-34)25-24-36-44(45)43-35(16-11-19-39(43)51-46(36)32-12-3-1-4-13-32)31-22-20-30(21-23-31)33-28-41(37-17-7-9-26-48-37)50-42(29-33)38-18-8-10-27-49-38/h1-29,47,52H/b47-45?,53-40-. The summed E-state index contributed by atoms with van der Waals surface area (Å²) in [6, 6.07) is 50.5. The van der Waals surface area contributed by atoms with E-state index in [1.54, 1.807) is 12.4 Å². The molecule has 0 unspecified atom stereocenters. The van der Waals surface area contributed by atoms with Crippen LogP contribution < -0.4 is 5.43 Å². The molecule has 0 saturated heterocycles. The van der Waals surface area contributed by atoms with Crippen LogP contribution in [0, 0.1) is 5.41 Å². The third kappa shape index (κ3) is 6.17. The second-order valence-corrected chi connectivity index (χ2v) is 12.6.